The van der Waals surface area contributed by atoms with Crippen LogP contribution in [0.3, 0.4) is 0 Å². The van der Waals surface area contributed by atoms with E-state index in [9.17, 15) is 0 Å². The fourth-order valence-electron chi connectivity index (χ4n) is 1.57. The molecule has 1 aromatic rings. The quantitative estimate of drug-likeness (QED) is 0.745. The Bertz CT molecular complexity index is 320. The standard InChI is InChI=1S/C14H23NO/c1-5-10-15-11-14(3,4)16-13-9-7-6-8-12(13)2/h6-9,15H,5,10-11H2,1-4H3. The Labute approximate surface area is 99.0 Å². The zero-order chi connectivity index (χ0) is 12.0. The number of rotatable bonds is 6. The highest BCUT2D eigenvalue weighted by atomic mass is 16.5. The van der Waals surface area contributed by atoms with Gasteiger partial charge in [-0.25, -0.2) is 0 Å². The van der Waals surface area contributed by atoms with Crippen LogP contribution in [0.4, 0.5) is 0 Å². The topological polar surface area (TPSA) is 21.3 Å². The molecule has 0 aliphatic rings. The summed E-state index contributed by atoms with van der Waals surface area (Å²) in [5, 5.41) is 3.39. The Morgan fingerprint density at radius 2 is 1.94 bits per heavy atom. The summed E-state index contributed by atoms with van der Waals surface area (Å²) in [4.78, 5) is 0. The van der Waals surface area contributed by atoms with Gasteiger partial charge in [0.25, 0.3) is 0 Å². The van der Waals surface area contributed by atoms with Crippen molar-refractivity contribution in [1.29, 1.82) is 0 Å². The lowest BCUT2D eigenvalue weighted by atomic mass is 10.1. The molecule has 16 heavy (non-hydrogen) atoms. The zero-order valence-electron chi connectivity index (χ0n) is 10.8. The Hall–Kier alpha value is -1.02. The highest BCUT2D eigenvalue weighted by Gasteiger charge is 2.19. The Morgan fingerprint density at radius 3 is 2.56 bits per heavy atom. The van der Waals surface area contributed by atoms with Crippen LogP contribution in [0.1, 0.15) is 32.8 Å². The van der Waals surface area contributed by atoms with Crippen molar-refractivity contribution < 1.29 is 4.74 Å². The average Bonchev–Trinajstić information content (AvgIpc) is 2.21. The van der Waals surface area contributed by atoms with Gasteiger partial charge in [0.15, 0.2) is 0 Å². The molecule has 2 nitrogen and oxygen atoms in total. The number of para-hydroxylation sites is 1. The normalized spacial score (nSPS) is 11.5. The van der Waals surface area contributed by atoms with E-state index in [1.807, 2.05) is 18.2 Å². The fourth-order valence-corrected chi connectivity index (χ4v) is 1.57. The van der Waals surface area contributed by atoms with Gasteiger partial charge in [-0.1, -0.05) is 25.1 Å². The van der Waals surface area contributed by atoms with Crippen LogP contribution >= 0.6 is 0 Å². The number of hydrogen-bond acceptors (Lipinski definition) is 2. The largest absolute Gasteiger partial charge is 0.486 e. The summed E-state index contributed by atoms with van der Waals surface area (Å²) in [6.45, 7) is 10.4. The third-order valence-corrected chi connectivity index (χ3v) is 2.46. The average molecular weight is 221 g/mol. The fraction of sp³-hybridized carbons (Fsp3) is 0.571. The lowest BCUT2D eigenvalue weighted by Gasteiger charge is -2.27. The van der Waals surface area contributed by atoms with Crippen molar-refractivity contribution >= 4 is 0 Å². The third kappa shape index (κ3) is 4.23. The molecule has 0 aliphatic heterocycles. The number of aryl methyl sites for hydroxylation is 1. The minimum atomic E-state index is -0.165. The summed E-state index contributed by atoms with van der Waals surface area (Å²) in [6, 6.07) is 8.14. The van der Waals surface area contributed by atoms with E-state index >= 15 is 0 Å². The predicted molar refractivity (Wildman–Crippen MR) is 69.0 cm³/mol. The van der Waals surface area contributed by atoms with Gasteiger partial charge < -0.3 is 10.1 Å². The molecule has 0 amide bonds. The summed E-state index contributed by atoms with van der Waals surface area (Å²) >= 11 is 0. The molecular weight excluding hydrogens is 198 g/mol. The minimum absolute atomic E-state index is 0.165. The molecule has 0 bridgehead atoms. The summed E-state index contributed by atoms with van der Waals surface area (Å²) in [5.41, 5.74) is 1.02. The summed E-state index contributed by atoms with van der Waals surface area (Å²) in [6.07, 6.45) is 1.15. The van der Waals surface area contributed by atoms with Crippen LogP contribution in [0, 0.1) is 6.92 Å². The maximum atomic E-state index is 6.02. The van der Waals surface area contributed by atoms with Crippen LogP contribution in [-0.4, -0.2) is 18.7 Å². The van der Waals surface area contributed by atoms with Crippen LogP contribution < -0.4 is 10.1 Å². The molecule has 90 valence electrons. The van der Waals surface area contributed by atoms with Crippen molar-refractivity contribution in [2.24, 2.45) is 0 Å². The first kappa shape index (κ1) is 13.0. The maximum Gasteiger partial charge on any atom is 0.123 e. The molecular formula is C14H23NO. The van der Waals surface area contributed by atoms with Crippen LogP contribution in [0.15, 0.2) is 24.3 Å². The SMILES string of the molecule is CCCNCC(C)(C)Oc1ccccc1C. The van der Waals surface area contributed by atoms with E-state index in [0.717, 1.165) is 25.3 Å². The third-order valence-electron chi connectivity index (χ3n) is 2.46. The molecule has 2 heteroatoms. The number of ether oxygens (including phenoxy) is 1. The molecule has 0 heterocycles. The van der Waals surface area contributed by atoms with Gasteiger partial charge in [0.05, 0.1) is 0 Å². The van der Waals surface area contributed by atoms with Gasteiger partial charge in [0.1, 0.15) is 11.4 Å². The van der Waals surface area contributed by atoms with Crippen molar-refractivity contribution in [2.75, 3.05) is 13.1 Å². The second-order valence-electron chi connectivity index (χ2n) is 4.80. The molecule has 0 saturated heterocycles. The molecule has 0 aliphatic carbocycles. The second-order valence-corrected chi connectivity index (χ2v) is 4.80. The molecule has 0 radical (unpaired) electrons. The minimum Gasteiger partial charge on any atom is -0.486 e. The van der Waals surface area contributed by atoms with E-state index in [4.69, 9.17) is 4.74 Å². The zero-order valence-corrected chi connectivity index (χ0v) is 10.8. The highest BCUT2D eigenvalue weighted by Crippen LogP contribution is 2.21. The highest BCUT2D eigenvalue weighted by molar-refractivity contribution is 5.32. The lowest BCUT2D eigenvalue weighted by Crippen LogP contribution is -2.40. The monoisotopic (exact) mass is 221 g/mol. The molecule has 0 unspecified atom stereocenters. The van der Waals surface area contributed by atoms with E-state index in [-0.39, 0.29) is 5.60 Å². The molecule has 0 spiro atoms. The molecule has 1 N–H and O–H groups in total. The summed E-state index contributed by atoms with van der Waals surface area (Å²) in [7, 11) is 0. The van der Waals surface area contributed by atoms with Gasteiger partial charge in [0, 0.05) is 6.54 Å². The van der Waals surface area contributed by atoms with Gasteiger partial charge in [-0.3, -0.25) is 0 Å². The van der Waals surface area contributed by atoms with Gasteiger partial charge in [-0.05, 0) is 45.4 Å². The summed E-state index contributed by atoms with van der Waals surface area (Å²) in [5.74, 6) is 0.978. The Morgan fingerprint density at radius 1 is 1.25 bits per heavy atom. The van der Waals surface area contributed by atoms with E-state index in [2.05, 4.69) is 39.1 Å². The van der Waals surface area contributed by atoms with Crippen LogP contribution in [0.25, 0.3) is 0 Å². The van der Waals surface area contributed by atoms with Gasteiger partial charge in [0.2, 0.25) is 0 Å². The van der Waals surface area contributed by atoms with Crippen molar-refractivity contribution in [3.8, 4) is 5.75 Å². The van der Waals surface area contributed by atoms with Crippen LogP contribution in [0.2, 0.25) is 0 Å². The van der Waals surface area contributed by atoms with Gasteiger partial charge in [-0.2, -0.15) is 0 Å². The van der Waals surface area contributed by atoms with E-state index in [0.29, 0.717) is 0 Å². The summed E-state index contributed by atoms with van der Waals surface area (Å²) < 4.78 is 6.02. The van der Waals surface area contributed by atoms with Crippen molar-refractivity contribution in [2.45, 2.75) is 39.7 Å². The molecule has 0 saturated carbocycles. The predicted octanol–water partition coefficient (Wildman–Crippen LogP) is 3.15. The van der Waals surface area contributed by atoms with E-state index < -0.39 is 0 Å². The first-order valence-electron chi connectivity index (χ1n) is 6.00. The Kier molecular flexibility index (Phi) is 4.81. The van der Waals surface area contributed by atoms with Crippen LogP contribution in [-0.2, 0) is 0 Å². The smallest absolute Gasteiger partial charge is 0.123 e. The first-order valence-corrected chi connectivity index (χ1v) is 6.00. The van der Waals surface area contributed by atoms with E-state index in [1.165, 1.54) is 5.56 Å². The lowest BCUT2D eigenvalue weighted by molar-refractivity contribution is 0.107. The number of nitrogens with one attached hydrogen (secondary N) is 1. The molecule has 0 fully saturated rings. The van der Waals surface area contributed by atoms with Crippen molar-refractivity contribution in [3.63, 3.8) is 0 Å². The Balaban J connectivity index is 2.55. The molecule has 1 aromatic carbocycles. The van der Waals surface area contributed by atoms with Crippen LogP contribution in [0.5, 0.6) is 5.75 Å². The van der Waals surface area contributed by atoms with E-state index in [1.54, 1.807) is 0 Å². The van der Waals surface area contributed by atoms with Crippen molar-refractivity contribution in [1.82, 2.24) is 5.32 Å². The molecule has 1 rings (SSSR count). The van der Waals surface area contributed by atoms with Crippen molar-refractivity contribution in [3.05, 3.63) is 29.8 Å². The second kappa shape index (κ2) is 5.90. The van der Waals surface area contributed by atoms with Gasteiger partial charge in [-0.15, -0.1) is 0 Å². The number of benzene rings is 1. The van der Waals surface area contributed by atoms with Gasteiger partial charge >= 0.3 is 0 Å². The molecule has 0 aromatic heterocycles. The number of hydrogen-bond donors (Lipinski definition) is 1. The maximum absolute atomic E-state index is 6.02. The molecule has 0 atom stereocenters. The first-order chi connectivity index (χ1) is 7.55.